The maximum atomic E-state index is 11.8. The molecule has 0 N–H and O–H groups in total. The molecule has 0 aliphatic carbocycles. The summed E-state index contributed by atoms with van der Waals surface area (Å²) in [4.78, 5) is 4.65. The van der Waals surface area contributed by atoms with Crippen molar-refractivity contribution < 1.29 is 8.42 Å². The van der Waals surface area contributed by atoms with Crippen LogP contribution in [0.4, 0.5) is 0 Å². The fourth-order valence-electron chi connectivity index (χ4n) is 3.61. The second-order valence-electron chi connectivity index (χ2n) is 6.85. The number of sulfone groups is 1. The van der Waals surface area contributed by atoms with Crippen LogP contribution in [0.1, 0.15) is 12.1 Å². The van der Waals surface area contributed by atoms with Crippen LogP contribution in [0.15, 0.2) is 55.1 Å². The number of hydrogen-bond acceptors (Lipinski definition) is 4. The van der Waals surface area contributed by atoms with E-state index in [-0.39, 0.29) is 11.7 Å². The van der Waals surface area contributed by atoms with Crippen LogP contribution in [0.5, 0.6) is 0 Å². The van der Waals surface area contributed by atoms with Crippen LogP contribution < -0.4 is 0 Å². The SMILES string of the molecule is O=S1(=O)CCC(Cn2cnc(-c3ccccc3)c2CCn2cccn2)C1. The summed E-state index contributed by atoms with van der Waals surface area (Å²) in [6.45, 7) is 1.47. The summed E-state index contributed by atoms with van der Waals surface area (Å²) in [5.41, 5.74) is 3.19. The minimum Gasteiger partial charge on any atom is -0.334 e. The lowest BCUT2D eigenvalue weighted by Crippen LogP contribution is -2.15. The molecule has 0 radical (unpaired) electrons. The first-order valence-electron chi connectivity index (χ1n) is 8.88. The number of nitrogens with zero attached hydrogens (tertiary/aromatic N) is 4. The molecule has 1 aliphatic rings. The zero-order valence-electron chi connectivity index (χ0n) is 14.5. The van der Waals surface area contributed by atoms with Gasteiger partial charge in [0, 0.05) is 43.2 Å². The van der Waals surface area contributed by atoms with Crippen LogP contribution in [0.3, 0.4) is 0 Å². The molecular formula is C19H22N4O2S. The lowest BCUT2D eigenvalue weighted by Gasteiger charge is -2.14. The summed E-state index contributed by atoms with van der Waals surface area (Å²) in [5, 5.41) is 4.28. The van der Waals surface area contributed by atoms with E-state index in [9.17, 15) is 8.42 Å². The molecule has 0 saturated carbocycles. The molecule has 26 heavy (non-hydrogen) atoms. The third kappa shape index (κ3) is 3.72. The molecule has 7 heteroatoms. The summed E-state index contributed by atoms with van der Waals surface area (Å²) < 4.78 is 27.6. The molecule has 1 fully saturated rings. The third-order valence-corrected chi connectivity index (χ3v) is 6.75. The number of imidazole rings is 1. The Morgan fingerprint density at radius 3 is 2.69 bits per heavy atom. The number of hydrogen-bond donors (Lipinski definition) is 0. The summed E-state index contributed by atoms with van der Waals surface area (Å²) in [5.74, 6) is 0.756. The Bertz CT molecular complexity index is 962. The average Bonchev–Trinajstić information content (AvgIpc) is 3.35. The van der Waals surface area contributed by atoms with Crippen molar-refractivity contribution in [1.29, 1.82) is 0 Å². The summed E-state index contributed by atoms with van der Waals surface area (Å²) in [6.07, 6.45) is 7.11. The topological polar surface area (TPSA) is 69.8 Å². The van der Waals surface area contributed by atoms with Gasteiger partial charge in [0.05, 0.1) is 23.5 Å². The van der Waals surface area contributed by atoms with E-state index >= 15 is 0 Å². The number of rotatable bonds is 6. The second-order valence-corrected chi connectivity index (χ2v) is 9.08. The Balaban J connectivity index is 1.61. The monoisotopic (exact) mass is 370 g/mol. The highest BCUT2D eigenvalue weighted by Crippen LogP contribution is 2.26. The normalized spacial score (nSPS) is 19.0. The van der Waals surface area contributed by atoms with E-state index in [1.54, 1.807) is 6.20 Å². The highest BCUT2D eigenvalue weighted by Gasteiger charge is 2.28. The van der Waals surface area contributed by atoms with Crippen molar-refractivity contribution in [2.75, 3.05) is 11.5 Å². The van der Waals surface area contributed by atoms with E-state index in [1.807, 2.05) is 41.5 Å². The smallest absolute Gasteiger partial charge is 0.150 e. The molecule has 6 nitrogen and oxygen atoms in total. The zero-order valence-corrected chi connectivity index (χ0v) is 15.3. The van der Waals surface area contributed by atoms with Gasteiger partial charge in [-0.25, -0.2) is 13.4 Å². The van der Waals surface area contributed by atoms with Gasteiger partial charge in [-0.1, -0.05) is 30.3 Å². The van der Waals surface area contributed by atoms with Gasteiger partial charge in [-0.05, 0) is 18.4 Å². The lowest BCUT2D eigenvalue weighted by molar-refractivity contribution is 0.473. The van der Waals surface area contributed by atoms with Gasteiger partial charge >= 0.3 is 0 Å². The fraction of sp³-hybridized carbons (Fsp3) is 0.368. The Kier molecular flexibility index (Phi) is 4.63. The standard InChI is InChI=1S/C19H22N4O2S/c24-26(25)12-8-16(14-26)13-22-15-20-19(17-5-2-1-3-6-17)18(22)7-11-23-10-4-9-21-23/h1-6,9-10,15-16H,7-8,11-14H2. The van der Waals surface area contributed by atoms with Gasteiger partial charge in [-0.3, -0.25) is 4.68 Å². The molecule has 1 saturated heterocycles. The molecule has 2 aromatic heterocycles. The van der Waals surface area contributed by atoms with Gasteiger partial charge < -0.3 is 4.57 Å². The Morgan fingerprint density at radius 1 is 1.15 bits per heavy atom. The fourth-order valence-corrected chi connectivity index (χ4v) is 5.46. The van der Waals surface area contributed by atoms with Crippen molar-refractivity contribution in [3.63, 3.8) is 0 Å². The van der Waals surface area contributed by atoms with Gasteiger partial charge in [-0.2, -0.15) is 5.10 Å². The quantitative estimate of drug-likeness (QED) is 0.668. The highest BCUT2D eigenvalue weighted by atomic mass is 32.2. The molecular weight excluding hydrogens is 348 g/mol. The van der Waals surface area contributed by atoms with Crippen LogP contribution >= 0.6 is 0 Å². The van der Waals surface area contributed by atoms with Gasteiger partial charge in [0.15, 0.2) is 9.84 Å². The summed E-state index contributed by atoms with van der Waals surface area (Å²) >= 11 is 0. The van der Waals surface area contributed by atoms with Crippen molar-refractivity contribution in [2.24, 2.45) is 5.92 Å². The highest BCUT2D eigenvalue weighted by molar-refractivity contribution is 7.91. The average molecular weight is 370 g/mol. The van der Waals surface area contributed by atoms with Crippen LogP contribution in [0.25, 0.3) is 11.3 Å². The second kappa shape index (κ2) is 7.07. The first kappa shape index (κ1) is 17.0. The van der Waals surface area contributed by atoms with Crippen molar-refractivity contribution in [2.45, 2.75) is 25.9 Å². The van der Waals surface area contributed by atoms with Crippen molar-refractivity contribution in [1.82, 2.24) is 19.3 Å². The van der Waals surface area contributed by atoms with Crippen LogP contribution in [-0.2, 0) is 29.3 Å². The van der Waals surface area contributed by atoms with Crippen molar-refractivity contribution in [3.05, 3.63) is 60.8 Å². The van der Waals surface area contributed by atoms with Gasteiger partial charge in [0.2, 0.25) is 0 Å². The maximum Gasteiger partial charge on any atom is 0.150 e. The van der Waals surface area contributed by atoms with E-state index in [2.05, 4.69) is 26.8 Å². The Labute approximate surface area is 153 Å². The molecule has 1 aliphatic heterocycles. The minimum atomic E-state index is -2.87. The van der Waals surface area contributed by atoms with E-state index in [1.165, 1.54) is 0 Å². The molecule has 3 heterocycles. The first-order valence-corrected chi connectivity index (χ1v) is 10.7. The Hall–Kier alpha value is -2.41. The Morgan fingerprint density at radius 2 is 2.00 bits per heavy atom. The largest absolute Gasteiger partial charge is 0.334 e. The predicted molar refractivity (Wildman–Crippen MR) is 100 cm³/mol. The van der Waals surface area contributed by atoms with E-state index in [0.717, 1.165) is 36.3 Å². The molecule has 0 spiro atoms. The molecule has 1 atom stereocenters. The number of aromatic nitrogens is 4. The lowest BCUT2D eigenvalue weighted by atomic mass is 10.1. The van der Waals surface area contributed by atoms with Crippen LogP contribution in [0, 0.1) is 5.92 Å². The van der Waals surface area contributed by atoms with Crippen LogP contribution in [0.2, 0.25) is 0 Å². The molecule has 4 rings (SSSR count). The van der Waals surface area contributed by atoms with E-state index in [4.69, 9.17) is 0 Å². The molecule has 1 unspecified atom stereocenters. The zero-order chi connectivity index (χ0) is 18.0. The van der Waals surface area contributed by atoms with Gasteiger partial charge in [-0.15, -0.1) is 0 Å². The van der Waals surface area contributed by atoms with Gasteiger partial charge in [0.1, 0.15) is 0 Å². The van der Waals surface area contributed by atoms with Crippen molar-refractivity contribution >= 4 is 9.84 Å². The molecule has 0 amide bonds. The van der Waals surface area contributed by atoms with E-state index < -0.39 is 9.84 Å². The summed E-state index contributed by atoms with van der Waals surface area (Å²) in [6, 6.07) is 12.0. The summed E-state index contributed by atoms with van der Waals surface area (Å²) in [7, 11) is -2.87. The molecule has 0 bridgehead atoms. The van der Waals surface area contributed by atoms with Crippen LogP contribution in [-0.4, -0.2) is 39.3 Å². The predicted octanol–water partition coefficient (Wildman–Crippen LogP) is 2.42. The maximum absolute atomic E-state index is 11.8. The number of benzene rings is 1. The number of aryl methyl sites for hydroxylation is 1. The first-order chi connectivity index (χ1) is 12.6. The van der Waals surface area contributed by atoms with Gasteiger partial charge in [0.25, 0.3) is 0 Å². The minimum absolute atomic E-state index is 0.168. The third-order valence-electron chi connectivity index (χ3n) is 4.91. The molecule has 136 valence electrons. The molecule has 3 aromatic rings. The van der Waals surface area contributed by atoms with E-state index in [0.29, 0.717) is 12.3 Å². The molecule has 1 aromatic carbocycles. The van der Waals surface area contributed by atoms with Crippen molar-refractivity contribution in [3.8, 4) is 11.3 Å².